The van der Waals surface area contributed by atoms with E-state index in [0.717, 1.165) is 30.1 Å². The molecule has 0 spiro atoms. The van der Waals surface area contributed by atoms with Crippen molar-refractivity contribution >= 4 is 32.8 Å². The van der Waals surface area contributed by atoms with Crippen LogP contribution in [0.3, 0.4) is 0 Å². The maximum atomic E-state index is 12.6. The normalized spacial score (nSPS) is 39.7. The Kier molecular flexibility index (Phi) is 8.76. The summed E-state index contributed by atoms with van der Waals surface area (Å²) in [7, 11) is 0. The van der Waals surface area contributed by atoms with E-state index in [9.17, 15) is 4.79 Å². The molecule has 0 unspecified atom stereocenters. The lowest BCUT2D eigenvalue weighted by Gasteiger charge is -2.58. The van der Waals surface area contributed by atoms with E-state index in [1.807, 2.05) is 13.8 Å². The molecule has 0 heterocycles. The number of halogens is 1. The van der Waals surface area contributed by atoms with Gasteiger partial charge in [-0.25, -0.2) is 0 Å². The van der Waals surface area contributed by atoms with E-state index in [1.165, 1.54) is 89.9 Å². The lowest BCUT2D eigenvalue weighted by Crippen LogP contribution is -2.50. The van der Waals surface area contributed by atoms with Gasteiger partial charge in [-0.2, -0.15) is 0 Å². The van der Waals surface area contributed by atoms with Gasteiger partial charge in [-0.05, 0) is 106 Å². The minimum Gasteiger partial charge on any atom is -0.286 e. The zero-order valence-electron chi connectivity index (χ0n) is 22.8. The summed E-state index contributed by atoms with van der Waals surface area (Å²) in [6.07, 6.45) is 23.6. The molecule has 3 saturated carbocycles. The molecule has 0 saturated heterocycles. The molecule has 34 heavy (non-hydrogen) atoms. The molecule has 0 radical (unpaired) electrons. The molecule has 0 aromatic rings. The number of thioether (sulfide) groups is 1. The molecule has 0 N–H and O–H groups in total. The molecule has 4 aliphatic rings. The van der Waals surface area contributed by atoms with Crippen LogP contribution in [-0.2, 0) is 4.79 Å². The van der Waals surface area contributed by atoms with E-state index in [1.54, 1.807) is 17.3 Å². The van der Waals surface area contributed by atoms with Crippen molar-refractivity contribution in [1.82, 2.24) is 0 Å². The average molecular weight is 552 g/mol. The first kappa shape index (κ1) is 27.3. The number of unbranched alkanes of at least 4 members (excludes halogenated alkanes) is 5. The molecule has 0 aromatic heterocycles. The van der Waals surface area contributed by atoms with Crippen molar-refractivity contribution in [3.63, 3.8) is 0 Å². The Morgan fingerprint density at radius 3 is 2.50 bits per heavy atom. The molecule has 7 atom stereocenters. The van der Waals surface area contributed by atoms with E-state index >= 15 is 0 Å². The van der Waals surface area contributed by atoms with Gasteiger partial charge in [0, 0.05) is 5.25 Å². The van der Waals surface area contributed by atoms with Crippen LogP contribution in [0.5, 0.6) is 0 Å². The number of alkyl halides is 1. The van der Waals surface area contributed by atoms with Crippen LogP contribution < -0.4 is 0 Å². The largest absolute Gasteiger partial charge is 0.286 e. The Bertz CT molecular complexity index is 753. The number of hydrogen-bond acceptors (Lipinski definition) is 2. The van der Waals surface area contributed by atoms with Gasteiger partial charge in [0.2, 0.25) is 5.12 Å². The second kappa shape index (κ2) is 10.9. The fourth-order valence-corrected chi connectivity index (χ4v) is 10.1. The first-order valence-corrected chi connectivity index (χ1v) is 16.4. The van der Waals surface area contributed by atoms with Crippen LogP contribution in [0.25, 0.3) is 0 Å². The Hall–Kier alpha value is 0.240. The molecule has 4 rings (SSSR count). The molecule has 0 aromatic carbocycles. The van der Waals surface area contributed by atoms with E-state index in [2.05, 4.69) is 42.8 Å². The summed E-state index contributed by atoms with van der Waals surface area (Å²) < 4.78 is -0.410. The minimum absolute atomic E-state index is 0.297. The summed E-state index contributed by atoms with van der Waals surface area (Å²) in [5.41, 5.74) is 2.71. The van der Waals surface area contributed by atoms with Gasteiger partial charge < -0.3 is 0 Å². The molecule has 3 heteroatoms. The van der Waals surface area contributed by atoms with E-state index in [0.29, 0.717) is 21.2 Å². The van der Waals surface area contributed by atoms with Gasteiger partial charge in [-0.15, -0.1) is 0 Å². The second-order valence-corrected chi connectivity index (χ2v) is 16.6. The van der Waals surface area contributed by atoms with Gasteiger partial charge in [0.1, 0.15) is 0 Å². The number of carbonyl (C=O) groups excluding carboxylic acids is 1. The third kappa shape index (κ3) is 5.41. The molecule has 4 aliphatic carbocycles. The van der Waals surface area contributed by atoms with Gasteiger partial charge in [0.05, 0.1) is 4.32 Å². The monoisotopic (exact) mass is 550 g/mol. The van der Waals surface area contributed by atoms with Crippen LogP contribution in [0.1, 0.15) is 131 Å². The minimum atomic E-state index is -0.410. The summed E-state index contributed by atoms with van der Waals surface area (Å²) in [4.78, 5) is 12.6. The summed E-state index contributed by atoms with van der Waals surface area (Å²) in [5.74, 6) is 3.73. The highest BCUT2D eigenvalue weighted by atomic mass is 79.9. The number of carbonyl (C=O) groups is 1. The van der Waals surface area contributed by atoms with Crippen LogP contribution in [0, 0.1) is 34.5 Å². The number of hydrogen-bond donors (Lipinski definition) is 0. The third-order valence-corrected chi connectivity index (χ3v) is 13.0. The van der Waals surface area contributed by atoms with Crippen molar-refractivity contribution in [3.05, 3.63) is 11.6 Å². The molecule has 3 fully saturated rings. The number of fused-ring (bicyclic) bond motifs is 5. The topological polar surface area (TPSA) is 17.1 Å². The summed E-state index contributed by atoms with van der Waals surface area (Å²) in [6.45, 7) is 11.6. The van der Waals surface area contributed by atoms with Crippen molar-refractivity contribution in [3.8, 4) is 0 Å². The summed E-state index contributed by atoms with van der Waals surface area (Å²) in [6, 6.07) is 0. The van der Waals surface area contributed by atoms with E-state index in [-0.39, 0.29) is 0 Å². The quantitative estimate of drug-likeness (QED) is 0.161. The lowest BCUT2D eigenvalue weighted by molar-refractivity contribution is -0.112. The average Bonchev–Trinajstić information content (AvgIpc) is 3.12. The lowest BCUT2D eigenvalue weighted by atomic mass is 9.47. The van der Waals surface area contributed by atoms with Crippen LogP contribution >= 0.6 is 27.7 Å². The van der Waals surface area contributed by atoms with E-state index < -0.39 is 4.32 Å². The Morgan fingerprint density at radius 1 is 1.03 bits per heavy atom. The SMILES string of the molecule is CCCCCCCC[C@@H]1CC[C@@H]2[C@H]3CC=C4C[C@@H](SC(=O)C(C)(C)Br)CC[C@]4(C)[C@@H]3CC[C@]12C. The maximum absolute atomic E-state index is 12.6. The fourth-order valence-electron chi connectivity index (χ4n) is 8.77. The second-order valence-electron chi connectivity index (χ2n) is 13.4. The van der Waals surface area contributed by atoms with Crippen molar-refractivity contribution in [1.29, 1.82) is 0 Å². The van der Waals surface area contributed by atoms with Crippen LogP contribution in [0.15, 0.2) is 11.6 Å². The summed E-state index contributed by atoms with van der Waals surface area (Å²) in [5, 5.41) is 0.772. The number of rotatable bonds is 9. The highest BCUT2D eigenvalue weighted by Gasteiger charge is 2.58. The van der Waals surface area contributed by atoms with Gasteiger partial charge >= 0.3 is 0 Å². The van der Waals surface area contributed by atoms with Crippen molar-refractivity contribution in [2.75, 3.05) is 0 Å². The van der Waals surface area contributed by atoms with Crippen molar-refractivity contribution in [2.24, 2.45) is 34.5 Å². The Labute approximate surface area is 223 Å². The highest BCUT2D eigenvalue weighted by Crippen LogP contribution is 2.67. The predicted octanol–water partition coefficient (Wildman–Crippen LogP) is 10.1. The van der Waals surface area contributed by atoms with Crippen LogP contribution in [0.2, 0.25) is 0 Å². The highest BCUT2D eigenvalue weighted by molar-refractivity contribution is 9.10. The molecule has 0 amide bonds. The molecule has 0 bridgehead atoms. The molecular formula is C31H51BrOS. The van der Waals surface area contributed by atoms with Crippen molar-refractivity contribution in [2.45, 2.75) is 141 Å². The first-order valence-electron chi connectivity index (χ1n) is 14.7. The zero-order valence-corrected chi connectivity index (χ0v) is 25.2. The maximum Gasteiger partial charge on any atom is 0.205 e. The van der Waals surface area contributed by atoms with E-state index in [4.69, 9.17) is 0 Å². The molecule has 1 nitrogen and oxygen atoms in total. The summed E-state index contributed by atoms with van der Waals surface area (Å²) >= 11 is 5.19. The Morgan fingerprint density at radius 2 is 1.76 bits per heavy atom. The molecule has 0 aliphatic heterocycles. The standard InChI is InChI=1S/C31H51BrOS/c1-6-7-8-9-10-11-12-22-14-16-26-25-15-13-23-21-24(34-28(33)29(2,3)32)17-19-31(23,5)27(25)18-20-30(22,26)4/h13,22,24-27H,6-12,14-21H2,1-5H3/t22-,24+,25-,26-,27-,30-,31+/m1/s1. The van der Waals surface area contributed by atoms with Crippen molar-refractivity contribution < 1.29 is 4.79 Å². The first-order chi connectivity index (χ1) is 16.1. The Balaban J connectivity index is 1.38. The smallest absolute Gasteiger partial charge is 0.205 e. The van der Waals surface area contributed by atoms with Gasteiger partial charge in [-0.1, -0.05) is 98.6 Å². The molecular weight excluding hydrogens is 500 g/mol. The number of allylic oxidation sites excluding steroid dienone is 2. The fraction of sp³-hybridized carbons (Fsp3) is 0.903. The van der Waals surface area contributed by atoms with Gasteiger partial charge in [-0.3, -0.25) is 4.79 Å². The van der Waals surface area contributed by atoms with Crippen LogP contribution in [0.4, 0.5) is 0 Å². The van der Waals surface area contributed by atoms with Crippen LogP contribution in [-0.4, -0.2) is 14.7 Å². The third-order valence-electron chi connectivity index (χ3n) is 10.9. The zero-order chi connectivity index (χ0) is 24.6. The molecule has 194 valence electrons. The predicted molar refractivity (Wildman–Crippen MR) is 153 cm³/mol. The van der Waals surface area contributed by atoms with Gasteiger partial charge in [0.15, 0.2) is 0 Å². The van der Waals surface area contributed by atoms with Gasteiger partial charge in [0.25, 0.3) is 0 Å².